The van der Waals surface area contributed by atoms with Gasteiger partial charge < -0.3 is 0 Å². The van der Waals surface area contributed by atoms with Gasteiger partial charge >= 0.3 is 0 Å². The summed E-state index contributed by atoms with van der Waals surface area (Å²) in [5.74, 6) is 1.69. The molecule has 2 heterocycles. The van der Waals surface area contributed by atoms with Crippen molar-refractivity contribution in [3.63, 3.8) is 0 Å². The Bertz CT molecular complexity index is 455. The predicted molar refractivity (Wildman–Crippen MR) is 65.3 cm³/mol. The third kappa shape index (κ3) is 2.51. The number of thioether (sulfide) groups is 1. The fraction of sp³-hybridized carbons (Fsp3) is 0.444. The van der Waals surface area contributed by atoms with Crippen LogP contribution in [-0.4, -0.2) is 42.3 Å². The van der Waals surface area contributed by atoms with Gasteiger partial charge in [-0.05, 0) is 12.1 Å². The number of sulfonamides is 1. The molecule has 1 aliphatic heterocycles. The van der Waals surface area contributed by atoms with Gasteiger partial charge in [-0.15, -0.1) is 0 Å². The largest absolute Gasteiger partial charge is 0.244 e. The molecule has 0 unspecified atom stereocenters. The Morgan fingerprint density at radius 3 is 2.56 bits per heavy atom. The van der Waals surface area contributed by atoms with Crippen LogP contribution in [0.15, 0.2) is 23.2 Å². The van der Waals surface area contributed by atoms with Gasteiger partial charge in [0.1, 0.15) is 10.0 Å². The molecule has 0 aliphatic carbocycles. The zero-order chi connectivity index (χ0) is 11.6. The normalized spacial score (nSPS) is 18.6. The van der Waals surface area contributed by atoms with Gasteiger partial charge in [-0.3, -0.25) is 0 Å². The molecular weight excluding hydrogens is 268 g/mol. The van der Waals surface area contributed by atoms with Crippen molar-refractivity contribution in [3.8, 4) is 0 Å². The second kappa shape index (κ2) is 4.91. The lowest BCUT2D eigenvalue weighted by atomic mass is 10.5. The highest BCUT2D eigenvalue weighted by Crippen LogP contribution is 2.20. The molecule has 7 heteroatoms. The van der Waals surface area contributed by atoms with Crippen LogP contribution in [0.1, 0.15) is 0 Å². The summed E-state index contributed by atoms with van der Waals surface area (Å²) in [6.45, 7) is 1.13. The smallest absolute Gasteiger partial charge is 0.243 e. The Morgan fingerprint density at radius 1 is 1.31 bits per heavy atom. The highest BCUT2D eigenvalue weighted by atomic mass is 35.5. The zero-order valence-electron chi connectivity index (χ0n) is 8.47. The minimum Gasteiger partial charge on any atom is -0.243 e. The van der Waals surface area contributed by atoms with Gasteiger partial charge in [0.25, 0.3) is 0 Å². The van der Waals surface area contributed by atoms with Gasteiger partial charge in [0.15, 0.2) is 0 Å². The van der Waals surface area contributed by atoms with E-state index in [2.05, 4.69) is 4.98 Å². The lowest BCUT2D eigenvalue weighted by Gasteiger charge is -2.25. The number of halogens is 1. The number of pyridine rings is 1. The van der Waals surface area contributed by atoms with Gasteiger partial charge in [-0.25, -0.2) is 13.4 Å². The first-order chi connectivity index (χ1) is 7.60. The fourth-order valence-electron chi connectivity index (χ4n) is 1.45. The zero-order valence-corrected chi connectivity index (χ0v) is 10.9. The summed E-state index contributed by atoms with van der Waals surface area (Å²) in [6.07, 6.45) is 1.30. The van der Waals surface area contributed by atoms with Crippen LogP contribution in [0.25, 0.3) is 0 Å². The van der Waals surface area contributed by atoms with Crippen LogP contribution in [0.5, 0.6) is 0 Å². The summed E-state index contributed by atoms with van der Waals surface area (Å²) in [4.78, 5) is 4.01. The summed E-state index contributed by atoms with van der Waals surface area (Å²) in [7, 11) is -3.38. The second-order valence-corrected chi connectivity index (χ2v) is 6.88. The lowest BCUT2D eigenvalue weighted by Crippen LogP contribution is -2.37. The molecule has 0 N–H and O–H groups in total. The molecule has 1 fully saturated rings. The number of nitrogens with zero attached hydrogens (tertiary/aromatic N) is 2. The van der Waals surface area contributed by atoms with Gasteiger partial charge in [0, 0.05) is 30.8 Å². The molecule has 0 amide bonds. The van der Waals surface area contributed by atoms with Crippen molar-refractivity contribution in [2.24, 2.45) is 0 Å². The SMILES string of the molecule is O=S(=O)(c1ccc(Cl)nc1)N1CCSCC1. The predicted octanol–water partition coefficient (Wildman–Crippen LogP) is 1.47. The van der Waals surface area contributed by atoms with Crippen molar-refractivity contribution in [2.75, 3.05) is 24.6 Å². The quantitative estimate of drug-likeness (QED) is 0.769. The van der Waals surface area contributed by atoms with Crippen molar-refractivity contribution >= 4 is 33.4 Å². The summed E-state index contributed by atoms with van der Waals surface area (Å²) in [5.41, 5.74) is 0. The molecular formula is C9H11ClN2O2S2. The molecule has 0 radical (unpaired) electrons. The fourth-order valence-corrected chi connectivity index (χ4v) is 4.08. The highest BCUT2D eigenvalue weighted by molar-refractivity contribution is 7.99. The van der Waals surface area contributed by atoms with Crippen molar-refractivity contribution in [1.82, 2.24) is 9.29 Å². The molecule has 0 saturated carbocycles. The van der Waals surface area contributed by atoms with Crippen LogP contribution < -0.4 is 0 Å². The third-order valence-corrected chi connectivity index (χ3v) is 5.36. The van der Waals surface area contributed by atoms with Crippen LogP contribution in [0.2, 0.25) is 5.15 Å². The first-order valence-electron chi connectivity index (χ1n) is 4.80. The average Bonchev–Trinajstić information content (AvgIpc) is 2.31. The summed E-state index contributed by atoms with van der Waals surface area (Å²) in [5, 5.41) is 0.299. The van der Waals surface area contributed by atoms with Gasteiger partial charge in [0.05, 0.1) is 0 Å². The minimum absolute atomic E-state index is 0.212. The number of rotatable bonds is 2. The van der Waals surface area contributed by atoms with E-state index >= 15 is 0 Å². The molecule has 1 aromatic rings. The Labute approximate surface area is 104 Å². The van der Waals surface area contributed by atoms with Crippen molar-refractivity contribution in [3.05, 3.63) is 23.5 Å². The molecule has 0 spiro atoms. The number of hydrogen-bond acceptors (Lipinski definition) is 4. The standard InChI is InChI=1S/C9H11ClN2O2S2/c10-9-2-1-8(7-11-9)16(13,14)12-3-5-15-6-4-12/h1-2,7H,3-6H2. The molecule has 0 bridgehead atoms. The molecule has 0 atom stereocenters. The molecule has 0 aromatic carbocycles. The Morgan fingerprint density at radius 2 is 2.00 bits per heavy atom. The maximum absolute atomic E-state index is 12.1. The summed E-state index contributed by atoms with van der Waals surface area (Å²) >= 11 is 7.39. The molecule has 2 rings (SSSR count). The van der Waals surface area contributed by atoms with Gasteiger partial charge in [-0.1, -0.05) is 11.6 Å². The highest BCUT2D eigenvalue weighted by Gasteiger charge is 2.26. The van der Waals surface area contributed by atoms with E-state index < -0.39 is 10.0 Å². The van der Waals surface area contributed by atoms with Crippen molar-refractivity contribution < 1.29 is 8.42 Å². The first kappa shape index (κ1) is 12.2. The van der Waals surface area contributed by atoms with Crippen LogP contribution in [0, 0.1) is 0 Å². The van der Waals surface area contributed by atoms with Crippen LogP contribution in [0.4, 0.5) is 0 Å². The molecule has 88 valence electrons. The van der Waals surface area contributed by atoms with E-state index in [0.29, 0.717) is 18.2 Å². The van der Waals surface area contributed by atoms with E-state index in [4.69, 9.17) is 11.6 Å². The van der Waals surface area contributed by atoms with Crippen LogP contribution in [0.3, 0.4) is 0 Å². The Balaban J connectivity index is 2.27. The summed E-state index contributed by atoms with van der Waals surface area (Å²) < 4.78 is 25.8. The maximum atomic E-state index is 12.1. The van der Waals surface area contributed by atoms with Crippen molar-refractivity contribution in [1.29, 1.82) is 0 Å². The van der Waals surface area contributed by atoms with E-state index in [-0.39, 0.29) is 4.90 Å². The third-order valence-electron chi connectivity index (χ3n) is 2.31. The second-order valence-electron chi connectivity index (χ2n) is 3.33. The minimum atomic E-state index is -3.38. The topological polar surface area (TPSA) is 50.3 Å². The van der Waals surface area contributed by atoms with E-state index in [9.17, 15) is 8.42 Å². The van der Waals surface area contributed by atoms with Crippen LogP contribution in [-0.2, 0) is 10.0 Å². The Hall–Kier alpha value is -0.300. The van der Waals surface area contributed by atoms with Crippen molar-refractivity contribution in [2.45, 2.75) is 4.90 Å². The van der Waals surface area contributed by atoms with E-state index in [0.717, 1.165) is 11.5 Å². The number of hydrogen-bond donors (Lipinski definition) is 0. The molecule has 4 nitrogen and oxygen atoms in total. The van der Waals surface area contributed by atoms with E-state index in [1.807, 2.05) is 0 Å². The average molecular weight is 279 g/mol. The van der Waals surface area contributed by atoms with Gasteiger partial charge in [0.2, 0.25) is 10.0 Å². The maximum Gasteiger partial charge on any atom is 0.244 e. The summed E-state index contributed by atoms with van der Waals surface area (Å²) in [6, 6.07) is 2.99. The molecule has 1 saturated heterocycles. The lowest BCUT2D eigenvalue weighted by molar-refractivity contribution is 0.443. The number of aromatic nitrogens is 1. The molecule has 16 heavy (non-hydrogen) atoms. The van der Waals surface area contributed by atoms with Crippen LogP contribution >= 0.6 is 23.4 Å². The molecule has 1 aromatic heterocycles. The molecule has 1 aliphatic rings. The monoisotopic (exact) mass is 278 g/mol. The first-order valence-corrected chi connectivity index (χ1v) is 7.77. The van der Waals surface area contributed by atoms with Gasteiger partial charge in [-0.2, -0.15) is 16.1 Å². The van der Waals surface area contributed by atoms with E-state index in [1.165, 1.54) is 22.6 Å². The van der Waals surface area contributed by atoms with E-state index in [1.54, 1.807) is 11.8 Å². The Kier molecular flexibility index (Phi) is 3.73.